The summed E-state index contributed by atoms with van der Waals surface area (Å²) in [6.45, 7) is 3.86. The zero-order chi connectivity index (χ0) is 20.7. The van der Waals surface area contributed by atoms with Crippen LogP contribution >= 0.6 is 0 Å². The number of carbonyl (C=O) groups excluding carboxylic acids is 2. The van der Waals surface area contributed by atoms with Crippen molar-refractivity contribution in [3.8, 4) is 17.2 Å². The van der Waals surface area contributed by atoms with Gasteiger partial charge in [0.2, 0.25) is 5.75 Å². The van der Waals surface area contributed by atoms with Gasteiger partial charge in [0.1, 0.15) is 0 Å². The van der Waals surface area contributed by atoms with E-state index < -0.39 is 12.1 Å². The number of para-hydroxylation sites is 1. The van der Waals surface area contributed by atoms with Gasteiger partial charge < -0.3 is 23.8 Å². The molecule has 0 saturated carbocycles. The van der Waals surface area contributed by atoms with Gasteiger partial charge in [-0.25, -0.2) is 4.79 Å². The Hall–Kier alpha value is -3.22. The van der Waals surface area contributed by atoms with Gasteiger partial charge in [0.05, 0.1) is 26.9 Å². The third-order valence-electron chi connectivity index (χ3n) is 4.18. The molecule has 7 heteroatoms. The predicted molar refractivity (Wildman–Crippen MR) is 105 cm³/mol. The lowest BCUT2D eigenvalue weighted by molar-refractivity contribution is -0.126. The number of hydrogen-bond acceptors (Lipinski definition) is 6. The Kier molecular flexibility index (Phi) is 7.26. The molecule has 0 radical (unpaired) electrons. The van der Waals surface area contributed by atoms with Crippen LogP contribution in [0.3, 0.4) is 0 Å². The summed E-state index contributed by atoms with van der Waals surface area (Å²) in [5, 5.41) is 0. The predicted octanol–water partition coefficient (Wildman–Crippen LogP) is 3.31. The Labute approximate surface area is 164 Å². The Morgan fingerprint density at radius 2 is 1.54 bits per heavy atom. The first-order valence-corrected chi connectivity index (χ1v) is 8.84. The van der Waals surface area contributed by atoms with Gasteiger partial charge in [-0.05, 0) is 38.1 Å². The molecule has 0 unspecified atom stereocenters. The minimum absolute atomic E-state index is 0.192. The molecule has 150 valence electrons. The SMILES string of the molecule is CCN(C(=O)[C@H](C)OC(=O)c1cc(OC)c(OC)c(OC)c1)c1ccccc1. The number of methoxy groups -OCH3 is 3. The highest BCUT2D eigenvalue weighted by Gasteiger charge is 2.26. The average molecular weight is 387 g/mol. The van der Waals surface area contributed by atoms with Crippen LogP contribution in [-0.4, -0.2) is 45.9 Å². The lowest BCUT2D eigenvalue weighted by atomic mass is 10.1. The van der Waals surface area contributed by atoms with Crippen molar-refractivity contribution in [2.75, 3.05) is 32.8 Å². The molecule has 0 heterocycles. The molecule has 0 aliphatic rings. The maximum absolute atomic E-state index is 12.8. The van der Waals surface area contributed by atoms with Crippen molar-refractivity contribution in [2.45, 2.75) is 20.0 Å². The van der Waals surface area contributed by atoms with E-state index in [1.54, 1.807) is 11.8 Å². The van der Waals surface area contributed by atoms with Crippen LogP contribution in [0.25, 0.3) is 0 Å². The molecule has 0 aliphatic carbocycles. The van der Waals surface area contributed by atoms with Crippen molar-refractivity contribution in [2.24, 2.45) is 0 Å². The highest BCUT2D eigenvalue weighted by Crippen LogP contribution is 2.38. The number of esters is 1. The average Bonchev–Trinajstić information content (AvgIpc) is 2.73. The molecule has 0 spiro atoms. The molecule has 0 aliphatic heterocycles. The van der Waals surface area contributed by atoms with E-state index in [1.807, 2.05) is 37.3 Å². The summed E-state index contributed by atoms with van der Waals surface area (Å²) < 4.78 is 21.1. The van der Waals surface area contributed by atoms with Gasteiger partial charge in [0.25, 0.3) is 5.91 Å². The fraction of sp³-hybridized carbons (Fsp3) is 0.333. The van der Waals surface area contributed by atoms with Crippen molar-refractivity contribution < 1.29 is 28.5 Å². The topological polar surface area (TPSA) is 74.3 Å². The molecule has 2 aromatic rings. The fourth-order valence-electron chi connectivity index (χ4n) is 2.77. The molecule has 2 rings (SSSR count). The lowest BCUT2D eigenvalue weighted by Gasteiger charge is -2.24. The number of amides is 1. The molecular weight excluding hydrogens is 362 g/mol. The van der Waals surface area contributed by atoms with E-state index in [0.29, 0.717) is 23.8 Å². The summed E-state index contributed by atoms with van der Waals surface area (Å²) in [5.74, 6) is 0.0464. The van der Waals surface area contributed by atoms with Gasteiger partial charge in [0, 0.05) is 12.2 Å². The number of benzene rings is 2. The maximum atomic E-state index is 12.8. The number of nitrogens with zero attached hydrogens (tertiary/aromatic N) is 1. The quantitative estimate of drug-likeness (QED) is 0.647. The van der Waals surface area contributed by atoms with Crippen LogP contribution in [0.5, 0.6) is 17.2 Å². The van der Waals surface area contributed by atoms with Crippen molar-refractivity contribution in [1.82, 2.24) is 0 Å². The van der Waals surface area contributed by atoms with Crippen LogP contribution in [0.15, 0.2) is 42.5 Å². The zero-order valence-electron chi connectivity index (χ0n) is 16.7. The van der Waals surface area contributed by atoms with E-state index in [0.717, 1.165) is 5.69 Å². The normalized spacial score (nSPS) is 11.3. The molecule has 0 fully saturated rings. The summed E-state index contributed by atoms with van der Waals surface area (Å²) >= 11 is 0. The van der Waals surface area contributed by atoms with Crippen LogP contribution in [0.1, 0.15) is 24.2 Å². The number of likely N-dealkylation sites (N-methyl/N-ethyl adjacent to an activating group) is 1. The third-order valence-corrected chi connectivity index (χ3v) is 4.18. The van der Waals surface area contributed by atoms with Crippen LogP contribution in [0, 0.1) is 0 Å². The largest absolute Gasteiger partial charge is 0.493 e. The van der Waals surface area contributed by atoms with E-state index in [4.69, 9.17) is 18.9 Å². The second-order valence-corrected chi connectivity index (χ2v) is 5.88. The van der Waals surface area contributed by atoms with E-state index in [-0.39, 0.29) is 11.5 Å². The van der Waals surface area contributed by atoms with E-state index in [1.165, 1.54) is 33.5 Å². The third kappa shape index (κ3) is 4.54. The van der Waals surface area contributed by atoms with Gasteiger partial charge in [-0.1, -0.05) is 18.2 Å². The second-order valence-electron chi connectivity index (χ2n) is 5.88. The summed E-state index contributed by atoms with van der Waals surface area (Å²) in [6, 6.07) is 12.2. The number of anilines is 1. The molecular formula is C21H25NO6. The Morgan fingerprint density at radius 3 is 2.00 bits per heavy atom. The van der Waals surface area contributed by atoms with Crippen molar-refractivity contribution >= 4 is 17.6 Å². The van der Waals surface area contributed by atoms with E-state index in [2.05, 4.69) is 0 Å². The first kappa shape index (κ1) is 21.1. The number of ether oxygens (including phenoxy) is 4. The van der Waals surface area contributed by atoms with Crippen molar-refractivity contribution in [1.29, 1.82) is 0 Å². The Morgan fingerprint density at radius 1 is 0.964 bits per heavy atom. The van der Waals surface area contributed by atoms with Crippen molar-refractivity contribution in [3.05, 3.63) is 48.0 Å². The fourth-order valence-corrected chi connectivity index (χ4v) is 2.77. The van der Waals surface area contributed by atoms with Gasteiger partial charge >= 0.3 is 5.97 Å². The number of rotatable bonds is 8. The van der Waals surface area contributed by atoms with Gasteiger partial charge in [-0.2, -0.15) is 0 Å². The van der Waals surface area contributed by atoms with Crippen LogP contribution in [0.4, 0.5) is 5.69 Å². The molecule has 28 heavy (non-hydrogen) atoms. The molecule has 1 amide bonds. The number of carbonyl (C=O) groups is 2. The summed E-state index contributed by atoms with van der Waals surface area (Å²) in [6.07, 6.45) is -0.966. The molecule has 0 aromatic heterocycles. The first-order chi connectivity index (χ1) is 13.5. The highest BCUT2D eigenvalue weighted by atomic mass is 16.6. The summed E-state index contributed by atoms with van der Waals surface area (Å²) in [4.78, 5) is 26.9. The van der Waals surface area contributed by atoms with Gasteiger partial charge in [-0.15, -0.1) is 0 Å². The number of hydrogen-bond donors (Lipinski definition) is 0. The van der Waals surface area contributed by atoms with Crippen LogP contribution in [0.2, 0.25) is 0 Å². The maximum Gasteiger partial charge on any atom is 0.339 e. The first-order valence-electron chi connectivity index (χ1n) is 8.84. The Balaban J connectivity index is 2.20. The summed E-state index contributed by atoms with van der Waals surface area (Å²) in [7, 11) is 4.39. The molecule has 1 atom stereocenters. The summed E-state index contributed by atoms with van der Waals surface area (Å²) in [5.41, 5.74) is 0.933. The standard InChI is InChI=1S/C21H25NO6/c1-6-22(16-10-8-7-9-11-16)20(23)14(2)28-21(24)15-12-17(25-3)19(27-5)18(13-15)26-4/h7-14H,6H2,1-5H3/t14-/m0/s1. The Bertz CT molecular complexity index is 796. The lowest BCUT2D eigenvalue weighted by Crippen LogP contribution is -2.40. The van der Waals surface area contributed by atoms with Crippen molar-refractivity contribution in [3.63, 3.8) is 0 Å². The molecule has 0 saturated heterocycles. The monoisotopic (exact) mass is 387 g/mol. The van der Waals surface area contributed by atoms with Gasteiger partial charge in [-0.3, -0.25) is 4.79 Å². The highest BCUT2D eigenvalue weighted by molar-refractivity contribution is 5.99. The molecule has 2 aromatic carbocycles. The van der Waals surface area contributed by atoms with Crippen LogP contribution < -0.4 is 19.1 Å². The molecule has 0 N–H and O–H groups in total. The second kappa shape index (κ2) is 9.64. The minimum atomic E-state index is -0.966. The van der Waals surface area contributed by atoms with Gasteiger partial charge in [0.15, 0.2) is 17.6 Å². The van der Waals surface area contributed by atoms with Crippen LogP contribution in [-0.2, 0) is 9.53 Å². The zero-order valence-corrected chi connectivity index (χ0v) is 16.7. The molecule has 0 bridgehead atoms. The van der Waals surface area contributed by atoms with E-state index >= 15 is 0 Å². The smallest absolute Gasteiger partial charge is 0.339 e. The van der Waals surface area contributed by atoms with E-state index in [9.17, 15) is 9.59 Å². The minimum Gasteiger partial charge on any atom is -0.493 e. The molecule has 7 nitrogen and oxygen atoms in total.